The summed E-state index contributed by atoms with van der Waals surface area (Å²) in [5.41, 5.74) is 10.8. The van der Waals surface area contributed by atoms with Crippen LogP contribution in [0.25, 0.3) is 0 Å². The van der Waals surface area contributed by atoms with Crippen LogP contribution in [0.5, 0.6) is 5.75 Å². The molecule has 0 saturated heterocycles. The molecule has 0 radical (unpaired) electrons. The zero-order chi connectivity index (χ0) is 31.6. The first-order valence-corrected chi connectivity index (χ1v) is 16.4. The van der Waals surface area contributed by atoms with Gasteiger partial charge in [-0.05, 0) is 60.1 Å². The van der Waals surface area contributed by atoms with Crippen LogP contribution < -0.4 is 20.7 Å². The molecule has 1 aliphatic heterocycles. The highest BCUT2D eigenvalue weighted by molar-refractivity contribution is 8.01. The number of amides is 1. The molecule has 1 aromatic heterocycles. The second-order valence-corrected chi connectivity index (χ2v) is 14.1. The van der Waals surface area contributed by atoms with Gasteiger partial charge >= 0.3 is 0 Å². The Labute approximate surface area is 266 Å². The Morgan fingerprint density at radius 2 is 1.89 bits per heavy atom. The molecule has 0 saturated carbocycles. The van der Waals surface area contributed by atoms with Crippen LogP contribution in [-0.2, 0) is 9.59 Å². The minimum atomic E-state index is -0.552. The molecule has 3 aromatic rings. The SMILES string of the molecule is CCOc1ccc(NC(=O)CSc2nnc(N3C(N)=C(C#N)C(c4ccc(C(C)C)cc4)C4=C3CC(C)(C)CC4=O)s2)cc1. The van der Waals surface area contributed by atoms with E-state index in [-0.39, 0.29) is 28.7 Å². The van der Waals surface area contributed by atoms with E-state index < -0.39 is 5.92 Å². The molecular weight excluding hydrogens is 593 g/mol. The Morgan fingerprint density at radius 3 is 2.52 bits per heavy atom. The van der Waals surface area contributed by atoms with E-state index in [4.69, 9.17) is 10.5 Å². The number of aromatic nitrogens is 2. The number of anilines is 2. The fourth-order valence-electron chi connectivity index (χ4n) is 5.61. The van der Waals surface area contributed by atoms with Crippen molar-refractivity contribution in [3.05, 3.63) is 82.3 Å². The molecule has 0 bridgehead atoms. The molecule has 2 aromatic carbocycles. The summed E-state index contributed by atoms with van der Waals surface area (Å²) in [4.78, 5) is 28.2. The third-order valence-electron chi connectivity index (χ3n) is 7.68. The van der Waals surface area contributed by atoms with Crippen LogP contribution in [0.4, 0.5) is 10.8 Å². The second-order valence-electron chi connectivity index (χ2n) is 11.9. The van der Waals surface area contributed by atoms with Gasteiger partial charge in [-0.3, -0.25) is 14.5 Å². The lowest BCUT2D eigenvalue weighted by Gasteiger charge is -2.42. The summed E-state index contributed by atoms with van der Waals surface area (Å²) < 4.78 is 6.02. The highest BCUT2D eigenvalue weighted by Gasteiger charge is 2.45. The molecule has 1 amide bonds. The minimum Gasteiger partial charge on any atom is -0.494 e. The van der Waals surface area contributed by atoms with Crippen molar-refractivity contribution in [1.82, 2.24) is 10.2 Å². The summed E-state index contributed by atoms with van der Waals surface area (Å²) >= 11 is 2.53. The van der Waals surface area contributed by atoms with Crippen molar-refractivity contribution in [3.8, 4) is 11.8 Å². The zero-order valence-electron chi connectivity index (χ0n) is 25.5. The lowest BCUT2D eigenvalue weighted by Crippen LogP contribution is -2.42. The molecule has 9 nitrogen and oxygen atoms in total. The summed E-state index contributed by atoms with van der Waals surface area (Å²) in [7, 11) is 0. The predicted octanol–water partition coefficient (Wildman–Crippen LogP) is 6.73. The lowest BCUT2D eigenvalue weighted by atomic mass is 9.68. The highest BCUT2D eigenvalue weighted by atomic mass is 32.2. The Kier molecular flexibility index (Phi) is 9.13. The molecule has 2 heterocycles. The van der Waals surface area contributed by atoms with Crippen LogP contribution in [0.2, 0.25) is 0 Å². The smallest absolute Gasteiger partial charge is 0.234 e. The van der Waals surface area contributed by atoms with E-state index in [0.717, 1.165) is 17.0 Å². The quantitative estimate of drug-likeness (QED) is 0.247. The van der Waals surface area contributed by atoms with Crippen molar-refractivity contribution >= 4 is 45.6 Å². The van der Waals surface area contributed by atoms with E-state index in [1.807, 2.05) is 19.1 Å². The van der Waals surface area contributed by atoms with Gasteiger partial charge in [-0.1, -0.05) is 75.1 Å². The van der Waals surface area contributed by atoms with E-state index in [9.17, 15) is 14.9 Å². The number of thioether (sulfide) groups is 1. The topological polar surface area (TPSA) is 134 Å². The Balaban J connectivity index is 1.41. The summed E-state index contributed by atoms with van der Waals surface area (Å²) in [6, 6.07) is 17.6. The van der Waals surface area contributed by atoms with Gasteiger partial charge in [-0.2, -0.15) is 5.26 Å². The van der Waals surface area contributed by atoms with Crippen LogP contribution in [0, 0.1) is 16.7 Å². The molecule has 11 heteroatoms. The van der Waals surface area contributed by atoms with Gasteiger partial charge in [0.1, 0.15) is 11.6 Å². The molecule has 0 spiro atoms. The minimum absolute atomic E-state index is 0.00418. The van der Waals surface area contributed by atoms with E-state index in [1.165, 1.54) is 28.7 Å². The molecule has 2 aliphatic rings. The predicted molar refractivity (Wildman–Crippen MR) is 174 cm³/mol. The second kappa shape index (κ2) is 12.8. The molecular formula is C33H36N6O3S2. The maximum Gasteiger partial charge on any atom is 0.234 e. The number of ketones is 1. The number of carbonyl (C=O) groups is 2. The van der Waals surface area contributed by atoms with Gasteiger partial charge in [0.2, 0.25) is 11.0 Å². The summed E-state index contributed by atoms with van der Waals surface area (Å²) in [6.07, 6.45) is 0.958. The summed E-state index contributed by atoms with van der Waals surface area (Å²) in [6.45, 7) is 10.9. The normalized spacial score (nSPS) is 17.9. The van der Waals surface area contributed by atoms with E-state index >= 15 is 0 Å². The molecule has 44 heavy (non-hydrogen) atoms. The number of nitrogens with two attached hydrogens (primary N) is 1. The van der Waals surface area contributed by atoms with Crippen molar-refractivity contribution in [2.45, 2.75) is 63.6 Å². The number of allylic oxidation sites excluding steroid dienone is 3. The number of Topliss-reactive ketones (excluding diaryl/α,β-unsaturated/α-hetero) is 1. The number of nitrogens with one attached hydrogen (secondary N) is 1. The van der Waals surface area contributed by atoms with Crippen LogP contribution in [0.1, 0.15) is 70.4 Å². The van der Waals surface area contributed by atoms with Crippen molar-refractivity contribution in [3.63, 3.8) is 0 Å². The Morgan fingerprint density at radius 1 is 1.18 bits per heavy atom. The van der Waals surface area contributed by atoms with Gasteiger partial charge < -0.3 is 15.8 Å². The average Bonchev–Trinajstić information content (AvgIpc) is 3.44. The first-order chi connectivity index (χ1) is 21.0. The van der Waals surface area contributed by atoms with Crippen molar-refractivity contribution < 1.29 is 14.3 Å². The van der Waals surface area contributed by atoms with Crippen LogP contribution in [0.3, 0.4) is 0 Å². The average molecular weight is 629 g/mol. The molecule has 5 rings (SSSR count). The number of nitriles is 1. The number of nitrogens with zero attached hydrogens (tertiary/aromatic N) is 4. The standard InChI is InChI=1S/C33H36N6O3S2/c1-6-42-23-13-11-22(12-14-23)36-27(41)18-43-32-38-37-31(44-32)39-25-15-33(4,5)16-26(40)29(25)28(24(17-34)30(39)35)21-9-7-20(8-10-21)19(2)3/h7-14,19,28H,6,15-16,18,35H2,1-5H3,(H,36,41). The van der Waals surface area contributed by atoms with Crippen molar-refractivity contribution in [1.29, 1.82) is 5.26 Å². The Hall–Kier alpha value is -4.14. The summed E-state index contributed by atoms with van der Waals surface area (Å²) in [5.74, 6) is 0.741. The molecule has 3 N–H and O–H groups in total. The van der Waals surface area contributed by atoms with Gasteiger partial charge in [0.25, 0.3) is 0 Å². The van der Waals surface area contributed by atoms with Crippen molar-refractivity contribution in [2.24, 2.45) is 11.1 Å². The Bertz CT molecular complexity index is 1670. The highest BCUT2D eigenvalue weighted by Crippen LogP contribution is 2.50. The van der Waals surface area contributed by atoms with Gasteiger partial charge in [-0.25, -0.2) is 0 Å². The summed E-state index contributed by atoms with van der Waals surface area (Å²) in [5, 5.41) is 22.4. The van der Waals surface area contributed by atoms with Gasteiger partial charge in [-0.15, -0.1) is 10.2 Å². The maximum absolute atomic E-state index is 13.8. The van der Waals surface area contributed by atoms with Crippen LogP contribution in [0.15, 0.2) is 75.5 Å². The molecule has 1 atom stereocenters. The number of benzene rings is 2. The third-order valence-corrected chi connectivity index (χ3v) is 9.72. The molecule has 1 unspecified atom stereocenters. The third kappa shape index (κ3) is 6.51. The van der Waals surface area contributed by atoms with Crippen LogP contribution in [-0.4, -0.2) is 34.2 Å². The van der Waals surface area contributed by atoms with Gasteiger partial charge in [0.05, 0.1) is 29.9 Å². The van der Waals surface area contributed by atoms with E-state index in [1.54, 1.807) is 29.2 Å². The largest absolute Gasteiger partial charge is 0.494 e. The van der Waals surface area contributed by atoms with Gasteiger partial charge in [0, 0.05) is 23.4 Å². The first-order valence-electron chi connectivity index (χ1n) is 14.6. The monoisotopic (exact) mass is 628 g/mol. The number of carbonyl (C=O) groups excluding carboxylic acids is 2. The van der Waals surface area contributed by atoms with E-state index in [0.29, 0.717) is 51.7 Å². The molecule has 0 fully saturated rings. The lowest BCUT2D eigenvalue weighted by molar-refractivity contribution is -0.118. The van der Waals surface area contributed by atoms with Crippen LogP contribution >= 0.6 is 23.1 Å². The van der Waals surface area contributed by atoms with Gasteiger partial charge in [0.15, 0.2) is 10.1 Å². The molecule has 1 aliphatic carbocycles. The fourth-order valence-corrected chi connectivity index (χ4v) is 7.29. The number of rotatable bonds is 9. The first kappa shape index (κ1) is 31.3. The molecule has 228 valence electrons. The zero-order valence-corrected chi connectivity index (χ0v) is 27.1. The van der Waals surface area contributed by atoms with Crippen molar-refractivity contribution in [2.75, 3.05) is 22.6 Å². The van der Waals surface area contributed by atoms with E-state index in [2.05, 4.69) is 61.4 Å². The number of hydrogen-bond acceptors (Lipinski definition) is 10. The number of hydrogen-bond donors (Lipinski definition) is 2. The maximum atomic E-state index is 13.8. The number of ether oxygens (including phenoxy) is 1. The fraction of sp³-hybridized carbons (Fsp3) is 0.364.